The average Bonchev–Trinajstić information content (AvgIpc) is 3.14. The summed E-state index contributed by atoms with van der Waals surface area (Å²) in [6.45, 7) is 1.59. The van der Waals surface area contributed by atoms with Crippen LogP contribution in [0.1, 0.15) is 18.4 Å². The number of anilines is 1. The maximum Gasteiger partial charge on any atom is 0.321 e. The predicted octanol–water partition coefficient (Wildman–Crippen LogP) is 2.81. The van der Waals surface area contributed by atoms with Crippen LogP contribution in [0.3, 0.4) is 0 Å². The van der Waals surface area contributed by atoms with E-state index in [1.54, 1.807) is 11.1 Å². The second-order valence-corrected chi connectivity index (χ2v) is 5.65. The first kappa shape index (κ1) is 13.7. The lowest BCUT2D eigenvalue weighted by atomic mass is 10.2. The second kappa shape index (κ2) is 5.99. The van der Waals surface area contributed by atoms with Gasteiger partial charge in [0, 0.05) is 31.7 Å². The first-order chi connectivity index (χ1) is 10.2. The van der Waals surface area contributed by atoms with Gasteiger partial charge in [-0.3, -0.25) is 4.68 Å². The highest BCUT2D eigenvalue weighted by Crippen LogP contribution is 2.29. The molecule has 1 aromatic heterocycles. The minimum atomic E-state index is -0.0401. The van der Waals surface area contributed by atoms with Crippen molar-refractivity contribution >= 4 is 11.7 Å². The van der Waals surface area contributed by atoms with Crippen molar-refractivity contribution in [1.82, 2.24) is 14.7 Å². The fourth-order valence-electron chi connectivity index (χ4n) is 2.26. The third-order valence-electron chi connectivity index (χ3n) is 3.68. The van der Waals surface area contributed by atoms with Crippen LogP contribution in [-0.2, 0) is 6.54 Å². The minimum absolute atomic E-state index is 0.0401. The van der Waals surface area contributed by atoms with Gasteiger partial charge in [0.15, 0.2) is 0 Å². The molecule has 1 N–H and O–H groups in total. The molecular weight excluding hydrogens is 264 g/mol. The molecule has 2 amide bonds. The van der Waals surface area contributed by atoms with Gasteiger partial charge in [-0.2, -0.15) is 5.10 Å². The molecule has 1 aliphatic carbocycles. The molecule has 0 bridgehead atoms. The van der Waals surface area contributed by atoms with Gasteiger partial charge in [-0.05, 0) is 42.5 Å². The van der Waals surface area contributed by atoms with Crippen LogP contribution in [0, 0.1) is 5.92 Å². The zero-order valence-electron chi connectivity index (χ0n) is 12.2. The Labute approximate surface area is 124 Å². The van der Waals surface area contributed by atoms with E-state index in [4.69, 9.17) is 0 Å². The van der Waals surface area contributed by atoms with E-state index in [1.807, 2.05) is 48.3 Å². The molecule has 1 saturated carbocycles. The van der Waals surface area contributed by atoms with Gasteiger partial charge < -0.3 is 10.2 Å². The fourth-order valence-corrected chi connectivity index (χ4v) is 2.26. The molecule has 5 nitrogen and oxygen atoms in total. The van der Waals surface area contributed by atoms with Gasteiger partial charge in [0.05, 0.1) is 6.54 Å². The van der Waals surface area contributed by atoms with Gasteiger partial charge in [0.25, 0.3) is 0 Å². The Balaban J connectivity index is 1.54. The van der Waals surface area contributed by atoms with Crippen LogP contribution in [0.4, 0.5) is 10.5 Å². The van der Waals surface area contributed by atoms with E-state index in [2.05, 4.69) is 10.4 Å². The molecule has 1 aromatic carbocycles. The fraction of sp³-hybridized carbons (Fsp3) is 0.375. The van der Waals surface area contributed by atoms with Crippen LogP contribution < -0.4 is 5.32 Å². The summed E-state index contributed by atoms with van der Waals surface area (Å²) in [7, 11) is 1.85. The third kappa shape index (κ3) is 3.84. The maximum atomic E-state index is 12.0. The topological polar surface area (TPSA) is 50.2 Å². The van der Waals surface area contributed by atoms with Gasteiger partial charge in [-0.25, -0.2) is 4.79 Å². The summed E-state index contributed by atoms with van der Waals surface area (Å²) in [5.41, 5.74) is 1.98. The highest BCUT2D eigenvalue weighted by molar-refractivity contribution is 5.89. The quantitative estimate of drug-likeness (QED) is 0.918. The van der Waals surface area contributed by atoms with Crippen molar-refractivity contribution < 1.29 is 4.79 Å². The van der Waals surface area contributed by atoms with Crippen molar-refractivity contribution in [3.8, 4) is 0 Å². The van der Waals surface area contributed by atoms with Gasteiger partial charge in [0.1, 0.15) is 0 Å². The van der Waals surface area contributed by atoms with Gasteiger partial charge in [0.2, 0.25) is 0 Å². The van der Waals surface area contributed by atoms with Crippen molar-refractivity contribution in [2.75, 3.05) is 18.9 Å². The molecule has 0 radical (unpaired) electrons. The number of benzene rings is 1. The molecule has 0 spiro atoms. The van der Waals surface area contributed by atoms with Gasteiger partial charge in [-0.15, -0.1) is 0 Å². The molecule has 1 aliphatic rings. The van der Waals surface area contributed by atoms with E-state index in [-0.39, 0.29) is 6.03 Å². The van der Waals surface area contributed by atoms with Crippen molar-refractivity contribution in [1.29, 1.82) is 0 Å². The standard InChI is InChI=1S/C16H20N4O/c1-19(11-13-3-4-13)16(21)18-15-7-5-14(6-8-15)12-20-10-2-9-17-20/h2,5-10,13H,3-4,11-12H2,1H3,(H,18,21). The summed E-state index contributed by atoms with van der Waals surface area (Å²) < 4.78 is 1.87. The van der Waals surface area contributed by atoms with Crippen LogP contribution in [-0.4, -0.2) is 34.3 Å². The number of urea groups is 1. The summed E-state index contributed by atoms with van der Waals surface area (Å²) in [6.07, 6.45) is 6.20. The molecule has 0 aliphatic heterocycles. The summed E-state index contributed by atoms with van der Waals surface area (Å²) in [6, 6.07) is 9.76. The number of hydrogen-bond donors (Lipinski definition) is 1. The van der Waals surface area contributed by atoms with Crippen LogP contribution in [0.5, 0.6) is 0 Å². The molecule has 5 heteroatoms. The highest BCUT2D eigenvalue weighted by atomic mass is 16.2. The van der Waals surface area contributed by atoms with E-state index >= 15 is 0 Å². The highest BCUT2D eigenvalue weighted by Gasteiger charge is 2.24. The molecule has 3 rings (SSSR count). The van der Waals surface area contributed by atoms with E-state index in [0.29, 0.717) is 5.92 Å². The van der Waals surface area contributed by atoms with E-state index in [9.17, 15) is 4.79 Å². The minimum Gasteiger partial charge on any atom is -0.327 e. The summed E-state index contributed by atoms with van der Waals surface area (Å²) in [5.74, 6) is 0.706. The van der Waals surface area contributed by atoms with E-state index in [0.717, 1.165) is 24.3 Å². The Morgan fingerprint density at radius 1 is 1.38 bits per heavy atom. The molecule has 1 heterocycles. The van der Waals surface area contributed by atoms with Crippen LogP contribution in [0.15, 0.2) is 42.7 Å². The number of hydrogen-bond acceptors (Lipinski definition) is 2. The third-order valence-corrected chi connectivity index (χ3v) is 3.68. The van der Waals surface area contributed by atoms with Crippen LogP contribution in [0.2, 0.25) is 0 Å². The Morgan fingerprint density at radius 2 is 2.14 bits per heavy atom. The lowest BCUT2D eigenvalue weighted by Gasteiger charge is -2.17. The summed E-state index contributed by atoms with van der Waals surface area (Å²) in [4.78, 5) is 13.8. The van der Waals surface area contributed by atoms with Crippen molar-refractivity contribution in [2.45, 2.75) is 19.4 Å². The Hall–Kier alpha value is -2.30. The number of aromatic nitrogens is 2. The molecule has 21 heavy (non-hydrogen) atoms. The SMILES string of the molecule is CN(CC1CC1)C(=O)Nc1ccc(Cn2cccn2)cc1. The Morgan fingerprint density at radius 3 is 2.76 bits per heavy atom. The maximum absolute atomic E-state index is 12.0. The zero-order chi connectivity index (χ0) is 14.7. The van der Waals surface area contributed by atoms with Crippen LogP contribution >= 0.6 is 0 Å². The number of carbonyl (C=O) groups excluding carboxylic acids is 1. The molecular formula is C16H20N4O. The lowest BCUT2D eigenvalue weighted by Crippen LogP contribution is -2.32. The monoisotopic (exact) mass is 284 g/mol. The normalized spacial score (nSPS) is 14.0. The van der Waals surface area contributed by atoms with E-state index in [1.165, 1.54) is 12.8 Å². The first-order valence-corrected chi connectivity index (χ1v) is 7.29. The molecule has 2 aromatic rings. The predicted molar refractivity (Wildman–Crippen MR) is 82.1 cm³/mol. The van der Waals surface area contributed by atoms with Crippen molar-refractivity contribution in [2.24, 2.45) is 5.92 Å². The summed E-state index contributed by atoms with van der Waals surface area (Å²) >= 11 is 0. The second-order valence-electron chi connectivity index (χ2n) is 5.65. The number of rotatable bonds is 5. The van der Waals surface area contributed by atoms with Crippen molar-refractivity contribution in [3.05, 3.63) is 48.3 Å². The Kier molecular flexibility index (Phi) is 3.90. The molecule has 1 fully saturated rings. The van der Waals surface area contributed by atoms with Gasteiger partial charge >= 0.3 is 6.03 Å². The van der Waals surface area contributed by atoms with Crippen LogP contribution in [0.25, 0.3) is 0 Å². The lowest BCUT2D eigenvalue weighted by molar-refractivity contribution is 0.220. The molecule has 0 atom stereocenters. The summed E-state index contributed by atoms with van der Waals surface area (Å²) in [5, 5.41) is 7.10. The number of carbonyl (C=O) groups is 1. The number of nitrogens with one attached hydrogen (secondary N) is 1. The Bertz CT molecular complexity index is 587. The average molecular weight is 284 g/mol. The molecule has 0 unspecified atom stereocenters. The molecule has 0 saturated heterocycles. The molecule has 110 valence electrons. The van der Waals surface area contributed by atoms with E-state index < -0.39 is 0 Å². The van der Waals surface area contributed by atoms with Crippen molar-refractivity contribution in [3.63, 3.8) is 0 Å². The van der Waals surface area contributed by atoms with Gasteiger partial charge in [-0.1, -0.05) is 12.1 Å². The number of nitrogens with zero attached hydrogens (tertiary/aromatic N) is 3. The first-order valence-electron chi connectivity index (χ1n) is 7.29. The largest absolute Gasteiger partial charge is 0.327 e. The smallest absolute Gasteiger partial charge is 0.321 e. The number of amides is 2. The zero-order valence-corrected chi connectivity index (χ0v) is 12.2.